The smallest absolute Gasteiger partial charge is 0.294 e. The van der Waals surface area contributed by atoms with Gasteiger partial charge in [-0.2, -0.15) is 21.9 Å². The van der Waals surface area contributed by atoms with Crippen molar-refractivity contribution in [3.05, 3.63) is 54.0 Å². The fraction of sp³-hybridized carbons (Fsp3) is 0.200. The van der Waals surface area contributed by atoms with E-state index in [2.05, 4.69) is 10.1 Å². The maximum absolute atomic E-state index is 11.2. The second-order valence-corrected chi connectivity index (χ2v) is 11.0. The first-order valence-electron chi connectivity index (χ1n) is 9.90. The van der Waals surface area contributed by atoms with Crippen molar-refractivity contribution in [1.29, 1.82) is 0 Å². The van der Waals surface area contributed by atoms with E-state index in [0.29, 0.717) is 21.9 Å². The Labute approximate surface area is 207 Å². The van der Waals surface area contributed by atoms with Gasteiger partial charge in [-0.3, -0.25) is 9.11 Å². The van der Waals surface area contributed by atoms with Crippen molar-refractivity contribution < 1.29 is 25.9 Å². The lowest BCUT2D eigenvalue weighted by molar-refractivity contribution is 0.480. The molecule has 3 aromatic rings. The van der Waals surface area contributed by atoms with Crippen molar-refractivity contribution in [3.8, 4) is 0 Å². The Morgan fingerprint density at radius 2 is 1.80 bits per heavy atom. The third kappa shape index (κ3) is 7.37. The van der Waals surface area contributed by atoms with E-state index in [1.165, 1.54) is 46.8 Å². The van der Waals surface area contributed by atoms with Gasteiger partial charge in [0.1, 0.15) is 5.82 Å². The number of nitrogens with zero attached hydrogens (tertiary/aromatic N) is 3. The van der Waals surface area contributed by atoms with E-state index in [-0.39, 0.29) is 15.6 Å². The zero-order valence-corrected chi connectivity index (χ0v) is 21.5. The summed E-state index contributed by atoms with van der Waals surface area (Å²) in [7, 11) is -8.42. The molecule has 0 aliphatic carbocycles. The van der Waals surface area contributed by atoms with Crippen LogP contribution in [0.15, 0.2) is 63.3 Å². The highest BCUT2D eigenvalue weighted by atomic mass is 32.2. The number of anilines is 2. The summed E-state index contributed by atoms with van der Waals surface area (Å²) in [5.74, 6) is 0.210. The van der Waals surface area contributed by atoms with Crippen LogP contribution in [0.2, 0.25) is 0 Å². The van der Waals surface area contributed by atoms with Crippen LogP contribution in [0.1, 0.15) is 25.8 Å². The quantitative estimate of drug-likeness (QED) is 0.173. The number of hydrogen-bond donors (Lipinski definition) is 5. The Morgan fingerprint density at radius 1 is 1.14 bits per heavy atom. The summed E-state index contributed by atoms with van der Waals surface area (Å²) >= 11 is 1.26. The number of fused-ring (bicyclic) bond motifs is 1. The molecule has 1 aromatic heterocycles. The van der Waals surface area contributed by atoms with Gasteiger partial charge in [0.25, 0.3) is 20.2 Å². The summed E-state index contributed by atoms with van der Waals surface area (Å²) < 4.78 is 62.7. The van der Waals surface area contributed by atoms with Crippen LogP contribution in [-0.4, -0.2) is 36.6 Å². The molecule has 0 aliphatic rings. The van der Waals surface area contributed by atoms with Crippen LogP contribution >= 0.6 is 11.3 Å². The van der Waals surface area contributed by atoms with Crippen LogP contribution in [0, 0.1) is 6.92 Å². The molecule has 0 amide bonds. The summed E-state index contributed by atoms with van der Waals surface area (Å²) in [4.78, 5) is 3.58. The van der Waals surface area contributed by atoms with Gasteiger partial charge in [-0.15, -0.1) is 0 Å². The maximum Gasteiger partial charge on any atom is 0.294 e. The lowest BCUT2D eigenvalue weighted by atomic mass is 10.2. The monoisotopic (exact) mass is 542 g/mol. The topological polar surface area (TPSA) is 215 Å². The first kappa shape index (κ1) is 28.0. The molecule has 12 nitrogen and oxygen atoms in total. The number of aryl methyl sites for hydroxylation is 1. The Hall–Kier alpha value is -3.24. The largest absolute Gasteiger partial charge is 0.402 e. The Bertz CT molecular complexity index is 1500. The fourth-order valence-corrected chi connectivity index (χ4v) is 4.64. The predicted molar refractivity (Wildman–Crippen MR) is 137 cm³/mol. The molecule has 0 saturated carbocycles. The molecule has 0 saturated heterocycles. The standard InChI is InChI=1S/C13H20N4O3S.C7H6N2O3S2/c1-4-10(3)16-17(13(15)8-14)11-5-6-12(9(2)7-11)21(18,19)20;8-7-9-5-3-4(14(10,11)12)1-2-6(5)13-7/h5-8H,4,14-15H2,1-3H3,(H,18,19,20);1-3H,(H2,8,9)(H,10,11,12)/b13-8+,16-10-;. The molecule has 0 bridgehead atoms. The van der Waals surface area contributed by atoms with E-state index in [4.69, 9.17) is 26.3 Å². The average molecular weight is 543 g/mol. The third-order valence-electron chi connectivity index (χ3n) is 4.55. The van der Waals surface area contributed by atoms with Gasteiger partial charge >= 0.3 is 0 Å². The summed E-state index contributed by atoms with van der Waals surface area (Å²) in [6.07, 6.45) is 1.94. The van der Waals surface area contributed by atoms with Crippen molar-refractivity contribution in [1.82, 2.24) is 4.98 Å². The van der Waals surface area contributed by atoms with E-state index >= 15 is 0 Å². The Kier molecular flexibility index (Phi) is 8.80. The normalized spacial score (nSPS) is 12.8. The van der Waals surface area contributed by atoms with Crippen molar-refractivity contribution in [2.75, 3.05) is 10.7 Å². The predicted octanol–water partition coefficient (Wildman–Crippen LogP) is 2.68. The first-order chi connectivity index (χ1) is 16.2. The van der Waals surface area contributed by atoms with Gasteiger partial charge < -0.3 is 17.2 Å². The second-order valence-electron chi connectivity index (χ2n) is 7.17. The molecule has 35 heavy (non-hydrogen) atoms. The number of hydrogen-bond acceptors (Lipinski definition) is 11. The lowest BCUT2D eigenvalue weighted by Crippen LogP contribution is -2.24. The molecule has 0 radical (unpaired) electrons. The first-order valence-corrected chi connectivity index (χ1v) is 13.6. The SMILES string of the molecule is CC/C(C)=N\N(/C(N)=C/N)c1ccc(S(=O)(=O)O)c(C)c1.Nc1nc2cc(S(=O)(=O)O)ccc2s1. The van der Waals surface area contributed by atoms with Gasteiger partial charge in [0.05, 0.1) is 25.7 Å². The average Bonchev–Trinajstić information content (AvgIpc) is 3.14. The highest BCUT2D eigenvalue weighted by molar-refractivity contribution is 7.86. The molecule has 3 rings (SSSR count). The van der Waals surface area contributed by atoms with Crippen LogP contribution in [-0.2, 0) is 20.2 Å². The molecule has 15 heteroatoms. The number of nitrogens with two attached hydrogens (primary N) is 3. The molecule has 8 N–H and O–H groups in total. The Balaban J connectivity index is 0.000000266. The van der Waals surface area contributed by atoms with Gasteiger partial charge in [0.15, 0.2) is 5.13 Å². The van der Waals surface area contributed by atoms with Gasteiger partial charge in [-0.1, -0.05) is 18.3 Å². The number of benzene rings is 2. The van der Waals surface area contributed by atoms with Crippen molar-refractivity contribution >= 4 is 58.3 Å². The molecule has 0 spiro atoms. The third-order valence-corrected chi connectivity index (χ3v) is 7.28. The van der Waals surface area contributed by atoms with E-state index < -0.39 is 20.2 Å². The molecule has 0 fully saturated rings. The van der Waals surface area contributed by atoms with E-state index in [9.17, 15) is 16.8 Å². The zero-order valence-electron chi connectivity index (χ0n) is 19.1. The molecule has 0 aliphatic heterocycles. The Morgan fingerprint density at radius 3 is 2.31 bits per heavy atom. The number of rotatable bonds is 6. The molecule has 190 valence electrons. The molecule has 0 unspecified atom stereocenters. The molecule has 2 aromatic carbocycles. The van der Waals surface area contributed by atoms with Gasteiger partial charge in [-0.05, 0) is 62.2 Å². The van der Waals surface area contributed by atoms with E-state index in [1.54, 1.807) is 19.1 Å². The zero-order chi connectivity index (χ0) is 26.6. The highest BCUT2D eigenvalue weighted by Gasteiger charge is 2.16. The second kappa shape index (κ2) is 11.0. The number of aromatic nitrogens is 1. The van der Waals surface area contributed by atoms with Crippen LogP contribution in [0.4, 0.5) is 10.8 Å². The van der Waals surface area contributed by atoms with E-state index in [1.807, 2.05) is 13.8 Å². The van der Waals surface area contributed by atoms with Crippen molar-refractivity contribution in [3.63, 3.8) is 0 Å². The van der Waals surface area contributed by atoms with Gasteiger partial charge in [0, 0.05) is 11.9 Å². The number of thiazole rings is 1. The number of hydrazone groups is 1. The number of nitrogen functional groups attached to an aromatic ring is 1. The van der Waals surface area contributed by atoms with Gasteiger partial charge in [0.2, 0.25) is 0 Å². The van der Waals surface area contributed by atoms with Crippen molar-refractivity contribution in [2.24, 2.45) is 16.6 Å². The summed E-state index contributed by atoms with van der Waals surface area (Å²) in [5, 5.41) is 6.12. The molecule has 0 atom stereocenters. The molecular weight excluding hydrogens is 516 g/mol. The van der Waals surface area contributed by atoms with Gasteiger partial charge in [-0.25, -0.2) is 9.99 Å². The minimum Gasteiger partial charge on any atom is -0.402 e. The minimum atomic E-state index is -4.25. The van der Waals surface area contributed by atoms with E-state index in [0.717, 1.165) is 16.8 Å². The molecular formula is C20H26N6O6S3. The fourth-order valence-electron chi connectivity index (χ4n) is 2.72. The van der Waals surface area contributed by atoms with Crippen LogP contribution in [0.3, 0.4) is 0 Å². The minimum absolute atomic E-state index is 0.155. The summed E-state index contributed by atoms with van der Waals surface area (Å²) in [6, 6.07) is 8.53. The van der Waals surface area contributed by atoms with Crippen LogP contribution in [0.25, 0.3) is 10.2 Å². The van der Waals surface area contributed by atoms with Crippen LogP contribution < -0.4 is 22.2 Å². The maximum atomic E-state index is 11.2. The highest BCUT2D eigenvalue weighted by Crippen LogP contribution is 2.26. The lowest BCUT2D eigenvalue weighted by Gasteiger charge is -2.20. The summed E-state index contributed by atoms with van der Waals surface area (Å²) in [5.41, 5.74) is 18.9. The molecule has 1 heterocycles. The van der Waals surface area contributed by atoms with Crippen molar-refractivity contribution in [2.45, 2.75) is 37.0 Å². The summed E-state index contributed by atoms with van der Waals surface area (Å²) in [6.45, 7) is 5.37. The van der Waals surface area contributed by atoms with Crippen LogP contribution in [0.5, 0.6) is 0 Å².